The van der Waals surface area contributed by atoms with Crippen LogP contribution in [0.3, 0.4) is 0 Å². The molecule has 1 aliphatic carbocycles. The Morgan fingerprint density at radius 3 is 2.38 bits per heavy atom. The number of alkyl halides is 3. The largest absolute Gasteiger partial charge is 0.392 e. The first kappa shape index (κ1) is 16.6. The van der Waals surface area contributed by atoms with Crippen LogP contribution in [-0.4, -0.2) is 17.4 Å². The van der Waals surface area contributed by atoms with E-state index >= 15 is 0 Å². The Kier molecular flexibility index (Phi) is 5.15. The van der Waals surface area contributed by atoms with Gasteiger partial charge in [-0.2, -0.15) is 13.2 Å². The molecule has 1 nitrogen and oxygen atoms in total. The highest BCUT2D eigenvalue weighted by atomic mass is 35.5. The monoisotopic (exact) mass is 324 g/mol. The average Bonchev–Trinajstić information content (AvgIpc) is 2.42. The number of benzene rings is 1. The summed E-state index contributed by atoms with van der Waals surface area (Å²) in [5.41, 5.74) is 0.299. The number of halogens is 5. The van der Waals surface area contributed by atoms with Gasteiger partial charge in [0, 0.05) is 11.4 Å². The molecule has 2 rings (SSSR count). The summed E-state index contributed by atoms with van der Waals surface area (Å²) in [4.78, 5) is 0. The molecule has 0 amide bonds. The molecule has 1 aromatic carbocycles. The Morgan fingerprint density at radius 1 is 1.19 bits per heavy atom. The molecule has 6 heteroatoms. The van der Waals surface area contributed by atoms with Crippen LogP contribution in [0.15, 0.2) is 18.2 Å². The van der Waals surface area contributed by atoms with Crippen molar-refractivity contribution in [1.82, 2.24) is 0 Å². The van der Waals surface area contributed by atoms with Crippen molar-refractivity contribution in [2.24, 2.45) is 11.8 Å². The van der Waals surface area contributed by atoms with E-state index in [1.165, 1.54) is 18.2 Å². The highest BCUT2D eigenvalue weighted by molar-refractivity contribution is 6.30. The van der Waals surface area contributed by atoms with E-state index in [4.69, 9.17) is 11.6 Å². The smallest absolute Gasteiger partial charge is 0.391 e. The topological polar surface area (TPSA) is 20.2 Å². The lowest BCUT2D eigenvalue weighted by Crippen LogP contribution is -2.32. The molecule has 0 bridgehead atoms. The third kappa shape index (κ3) is 4.33. The molecule has 0 saturated heterocycles. The van der Waals surface area contributed by atoms with Crippen LogP contribution in [0.5, 0.6) is 0 Å². The summed E-state index contributed by atoms with van der Waals surface area (Å²) in [6, 6.07) is 4.09. The van der Waals surface area contributed by atoms with E-state index in [9.17, 15) is 22.7 Å². The summed E-state index contributed by atoms with van der Waals surface area (Å²) in [7, 11) is 0. The van der Waals surface area contributed by atoms with Gasteiger partial charge < -0.3 is 5.11 Å². The molecule has 1 saturated carbocycles. The van der Waals surface area contributed by atoms with Crippen molar-refractivity contribution in [3.63, 3.8) is 0 Å². The standard InChI is InChI=1S/C15H17ClF4O/c16-12-5-6-13(17)10(7-12)8-14(21)9-1-3-11(4-2-9)15(18,19)20/h5-7,9,11,14,21H,1-4,8H2. The molecular weight excluding hydrogens is 308 g/mol. The van der Waals surface area contributed by atoms with Gasteiger partial charge in [-0.05, 0) is 55.4 Å². The summed E-state index contributed by atoms with van der Waals surface area (Å²) in [5.74, 6) is -1.95. The Morgan fingerprint density at radius 2 is 1.81 bits per heavy atom. The number of aliphatic hydroxyl groups excluding tert-OH is 1. The number of aliphatic hydroxyl groups is 1. The third-order valence-electron chi connectivity index (χ3n) is 4.22. The Bertz CT molecular complexity index is 481. The van der Waals surface area contributed by atoms with Crippen LogP contribution in [0.25, 0.3) is 0 Å². The number of rotatable bonds is 3. The molecule has 1 fully saturated rings. The zero-order valence-corrected chi connectivity index (χ0v) is 12.1. The molecule has 1 aliphatic rings. The van der Waals surface area contributed by atoms with Gasteiger partial charge in [-0.1, -0.05) is 11.6 Å². The zero-order valence-electron chi connectivity index (χ0n) is 11.3. The van der Waals surface area contributed by atoms with Crippen molar-refractivity contribution >= 4 is 11.6 Å². The van der Waals surface area contributed by atoms with Gasteiger partial charge in [-0.25, -0.2) is 4.39 Å². The maximum absolute atomic E-state index is 13.6. The first-order valence-electron chi connectivity index (χ1n) is 6.96. The quantitative estimate of drug-likeness (QED) is 0.795. The summed E-state index contributed by atoms with van der Waals surface area (Å²) < 4.78 is 51.4. The first-order chi connectivity index (χ1) is 9.77. The molecule has 0 heterocycles. The average molecular weight is 325 g/mol. The van der Waals surface area contributed by atoms with Crippen LogP contribution in [0, 0.1) is 17.7 Å². The lowest BCUT2D eigenvalue weighted by Gasteiger charge is -2.32. The van der Waals surface area contributed by atoms with E-state index in [0.29, 0.717) is 23.4 Å². The first-order valence-corrected chi connectivity index (χ1v) is 7.34. The predicted octanol–water partition coefficient (Wildman–Crippen LogP) is 4.75. The normalized spacial score (nSPS) is 24.9. The van der Waals surface area contributed by atoms with Gasteiger partial charge in [0.1, 0.15) is 5.82 Å². The molecule has 1 atom stereocenters. The van der Waals surface area contributed by atoms with Crippen molar-refractivity contribution in [3.8, 4) is 0 Å². The minimum absolute atomic E-state index is 0.0310. The van der Waals surface area contributed by atoms with Gasteiger partial charge in [-0.3, -0.25) is 0 Å². The highest BCUT2D eigenvalue weighted by Gasteiger charge is 2.42. The van der Waals surface area contributed by atoms with Crippen LogP contribution >= 0.6 is 11.6 Å². The van der Waals surface area contributed by atoms with Gasteiger partial charge >= 0.3 is 6.18 Å². The van der Waals surface area contributed by atoms with E-state index in [-0.39, 0.29) is 25.2 Å². The fraction of sp³-hybridized carbons (Fsp3) is 0.600. The van der Waals surface area contributed by atoms with Crippen molar-refractivity contribution < 1.29 is 22.7 Å². The van der Waals surface area contributed by atoms with Crippen molar-refractivity contribution in [2.75, 3.05) is 0 Å². The second-order valence-electron chi connectivity index (χ2n) is 5.66. The fourth-order valence-electron chi connectivity index (χ4n) is 2.92. The van der Waals surface area contributed by atoms with Gasteiger partial charge in [0.15, 0.2) is 0 Å². The molecule has 118 valence electrons. The molecule has 0 aliphatic heterocycles. The van der Waals surface area contributed by atoms with Gasteiger partial charge in [0.05, 0.1) is 12.0 Å². The van der Waals surface area contributed by atoms with Crippen LogP contribution in [-0.2, 0) is 6.42 Å². The van der Waals surface area contributed by atoms with Gasteiger partial charge in [0.2, 0.25) is 0 Å². The number of hydrogen-bond acceptors (Lipinski definition) is 1. The van der Waals surface area contributed by atoms with Gasteiger partial charge in [-0.15, -0.1) is 0 Å². The second kappa shape index (κ2) is 6.53. The zero-order chi connectivity index (χ0) is 15.6. The Hall–Kier alpha value is -0.810. The Balaban J connectivity index is 1.93. The van der Waals surface area contributed by atoms with Crippen LogP contribution < -0.4 is 0 Å². The molecular formula is C15H17ClF4O. The second-order valence-corrected chi connectivity index (χ2v) is 6.10. The summed E-state index contributed by atoms with van der Waals surface area (Å²) >= 11 is 5.78. The maximum atomic E-state index is 13.6. The molecule has 1 aromatic rings. The molecule has 0 spiro atoms. The lowest BCUT2D eigenvalue weighted by atomic mass is 9.78. The van der Waals surface area contributed by atoms with Crippen LogP contribution in [0.2, 0.25) is 5.02 Å². The summed E-state index contributed by atoms with van der Waals surface area (Å²) in [6.07, 6.45) is -4.23. The number of hydrogen-bond donors (Lipinski definition) is 1. The minimum Gasteiger partial charge on any atom is -0.392 e. The maximum Gasteiger partial charge on any atom is 0.391 e. The molecule has 21 heavy (non-hydrogen) atoms. The van der Waals surface area contributed by atoms with E-state index in [0.717, 1.165) is 0 Å². The summed E-state index contributed by atoms with van der Waals surface area (Å²) in [6.45, 7) is 0. The van der Waals surface area contributed by atoms with Gasteiger partial charge in [0.25, 0.3) is 0 Å². The highest BCUT2D eigenvalue weighted by Crippen LogP contribution is 2.40. The molecule has 0 aromatic heterocycles. The van der Waals surface area contributed by atoms with Crippen LogP contribution in [0.1, 0.15) is 31.2 Å². The fourth-order valence-corrected chi connectivity index (χ4v) is 3.12. The van der Waals surface area contributed by atoms with Crippen molar-refractivity contribution in [2.45, 2.75) is 44.4 Å². The molecule has 1 unspecified atom stereocenters. The van der Waals surface area contributed by atoms with E-state index < -0.39 is 24.0 Å². The van der Waals surface area contributed by atoms with Crippen molar-refractivity contribution in [3.05, 3.63) is 34.6 Å². The van der Waals surface area contributed by atoms with E-state index in [2.05, 4.69) is 0 Å². The SMILES string of the molecule is OC(Cc1cc(Cl)ccc1F)C1CCC(C(F)(F)F)CC1. The lowest BCUT2D eigenvalue weighted by molar-refractivity contribution is -0.185. The van der Waals surface area contributed by atoms with Crippen molar-refractivity contribution in [1.29, 1.82) is 0 Å². The third-order valence-corrected chi connectivity index (χ3v) is 4.45. The van der Waals surface area contributed by atoms with Crippen LogP contribution in [0.4, 0.5) is 17.6 Å². The molecule has 1 N–H and O–H groups in total. The Labute approximate surface area is 125 Å². The predicted molar refractivity (Wildman–Crippen MR) is 72.6 cm³/mol. The molecule has 0 radical (unpaired) electrons. The minimum atomic E-state index is -4.16. The van der Waals surface area contributed by atoms with E-state index in [1.807, 2.05) is 0 Å². The summed E-state index contributed by atoms with van der Waals surface area (Å²) in [5, 5.41) is 10.5. The van der Waals surface area contributed by atoms with E-state index in [1.54, 1.807) is 0 Å².